The van der Waals surface area contributed by atoms with Gasteiger partial charge in [0, 0.05) is 26.2 Å². The minimum absolute atomic E-state index is 0.0706. The summed E-state index contributed by atoms with van der Waals surface area (Å²) in [6, 6.07) is 0. The van der Waals surface area contributed by atoms with Crippen molar-refractivity contribution in [3.8, 4) is 0 Å². The summed E-state index contributed by atoms with van der Waals surface area (Å²) >= 11 is 0. The molecule has 1 heterocycles. The van der Waals surface area contributed by atoms with Gasteiger partial charge in [0.05, 0.1) is 6.54 Å². The lowest BCUT2D eigenvalue weighted by atomic mass is 10.4. The lowest BCUT2D eigenvalue weighted by molar-refractivity contribution is -0.122. The molecule has 0 aromatic rings. The summed E-state index contributed by atoms with van der Waals surface area (Å²) in [5.41, 5.74) is 0. The van der Waals surface area contributed by atoms with Crippen molar-refractivity contribution in [3.63, 3.8) is 0 Å². The fraction of sp³-hybridized carbons (Fsp3) is 0.875. The Hall–Kier alpha value is -0.660. The first-order valence-electron chi connectivity index (χ1n) is 5.04. The number of nitrogens with one attached hydrogen (secondary N) is 1. The number of amides is 1. The molecule has 88 valence electrons. The van der Waals surface area contributed by atoms with Gasteiger partial charge in [-0.15, -0.1) is 0 Å². The van der Waals surface area contributed by atoms with Crippen LogP contribution in [0.25, 0.3) is 0 Å². The lowest BCUT2D eigenvalue weighted by Crippen LogP contribution is -2.54. The van der Waals surface area contributed by atoms with E-state index in [1.54, 1.807) is 13.8 Å². The number of rotatable bonds is 4. The third-order valence-electron chi connectivity index (χ3n) is 2.36. The normalized spacial score (nSPS) is 19.3. The van der Waals surface area contributed by atoms with Crippen molar-refractivity contribution in [2.45, 2.75) is 13.8 Å². The van der Waals surface area contributed by atoms with Crippen LogP contribution >= 0.6 is 0 Å². The molecule has 0 saturated carbocycles. The number of nitrogens with zero attached hydrogens (tertiary/aromatic N) is 2. The van der Waals surface area contributed by atoms with Gasteiger partial charge in [-0.1, -0.05) is 13.8 Å². The second kappa shape index (κ2) is 4.91. The van der Waals surface area contributed by atoms with Crippen LogP contribution in [0.2, 0.25) is 0 Å². The topological polar surface area (TPSA) is 69.7 Å². The van der Waals surface area contributed by atoms with Crippen molar-refractivity contribution < 1.29 is 13.2 Å². The quantitative estimate of drug-likeness (QED) is 0.680. The molecule has 6 nitrogen and oxygen atoms in total. The molecule has 0 aliphatic carbocycles. The van der Waals surface area contributed by atoms with E-state index in [0.717, 1.165) is 0 Å². The summed E-state index contributed by atoms with van der Waals surface area (Å²) in [5.74, 6) is -0.239. The Balaban J connectivity index is 2.80. The van der Waals surface area contributed by atoms with Crippen LogP contribution in [-0.2, 0) is 15.0 Å². The highest BCUT2D eigenvalue weighted by Gasteiger charge is 2.31. The van der Waals surface area contributed by atoms with Crippen LogP contribution in [-0.4, -0.2) is 55.7 Å². The molecule has 0 spiro atoms. The zero-order valence-corrected chi connectivity index (χ0v) is 9.88. The average molecular weight is 235 g/mol. The second-order valence-electron chi connectivity index (χ2n) is 3.28. The monoisotopic (exact) mass is 235 g/mol. The van der Waals surface area contributed by atoms with Gasteiger partial charge in [0.25, 0.3) is 10.2 Å². The standard InChI is InChI=1S/C8H17N3O3S/c1-3-10(4-2)15(13,14)11-6-5-9-8(12)7-11/h3-7H2,1-2H3,(H,9,12). The smallest absolute Gasteiger partial charge is 0.282 e. The molecular weight excluding hydrogens is 218 g/mol. The van der Waals surface area contributed by atoms with Gasteiger partial charge in [-0.25, -0.2) is 0 Å². The van der Waals surface area contributed by atoms with Crippen LogP contribution in [0.15, 0.2) is 0 Å². The average Bonchev–Trinajstić information content (AvgIpc) is 2.19. The molecule has 1 aliphatic rings. The molecule has 0 aromatic heterocycles. The van der Waals surface area contributed by atoms with E-state index in [1.165, 1.54) is 8.61 Å². The summed E-state index contributed by atoms with van der Waals surface area (Å²) in [6.07, 6.45) is 0. The Morgan fingerprint density at radius 1 is 1.40 bits per heavy atom. The van der Waals surface area contributed by atoms with E-state index in [-0.39, 0.29) is 12.5 Å². The Kier molecular flexibility index (Phi) is 4.06. The van der Waals surface area contributed by atoms with Crippen molar-refractivity contribution >= 4 is 16.1 Å². The highest BCUT2D eigenvalue weighted by Crippen LogP contribution is 2.08. The van der Waals surface area contributed by atoms with Gasteiger partial charge in [0.2, 0.25) is 5.91 Å². The molecule has 1 fully saturated rings. The lowest BCUT2D eigenvalue weighted by Gasteiger charge is -2.30. The summed E-state index contributed by atoms with van der Waals surface area (Å²) in [6.45, 7) is 5.09. The molecule has 1 saturated heterocycles. The van der Waals surface area contributed by atoms with E-state index in [9.17, 15) is 13.2 Å². The molecule has 1 rings (SSSR count). The van der Waals surface area contributed by atoms with Crippen molar-refractivity contribution in [1.29, 1.82) is 0 Å². The first kappa shape index (κ1) is 12.4. The largest absolute Gasteiger partial charge is 0.354 e. The van der Waals surface area contributed by atoms with Crippen LogP contribution in [0.1, 0.15) is 13.8 Å². The molecule has 1 amide bonds. The van der Waals surface area contributed by atoms with Crippen LogP contribution in [0, 0.1) is 0 Å². The number of hydrogen-bond donors (Lipinski definition) is 1. The zero-order valence-electron chi connectivity index (χ0n) is 9.06. The summed E-state index contributed by atoms with van der Waals surface area (Å²) < 4.78 is 26.5. The van der Waals surface area contributed by atoms with Gasteiger partial charge >= 0.3 is 0 Å². The summed E-state index contributed by atoms with van der Waals surface area (Å²) in [5, 5.41) is 2.60. The molecule has 7 heteroatoms. The van der Waals surface area contributed by atoms with E-state index in [0.29, 0.717) is 26.2 Å². The zero-order chi connectivity index (χ0) is 11.5. The van der Waals surface area contributed by atoms with E-state index in [4.69, 9.17) is 0 Å². The third-order valence-corrected chi connectivity index (χ3v) is 4.49. The Morgan fingerprint density at radius 2 is 2.00 bits per heavy atom. The Bertz CT molecular complexity index is 324. The molecule has 0 aromatic carbocycles. The third kappa shape index (κ3) is 2.67. The Labute approximate surface area is 90.4 Å². The molecule has 0 bridgehead atoms. The van der Waals surface area contributed by atoms with Gasteiger partial charge < -0.3 is 5.32 Å². The number of hydrogen-bond acceptors (Lipinski definition) is 3. The van der Waals surface area contributed by atoms with Gasteiger partial charge in [0.15, 0.2) is 0 Å². The molecule has 1 aliphatic heterocycles. The fourth-order valence-electron chi connectivity index (χ4n) is 1.53. The molecule has 0 atom stereocenters. The molecule has 15 heavy (non-hydrogen) atoms. The summed E-state index contributed by atoms with van der Waals surface area (Å²) in [4.78, 5) is 11.1. The first-order valence-corrected chi connectivity index (χ1v) is 6.44. The fourth-order valence-corrected chi connectivity index (χ4v) is 3.11. The number of carbonyl (C=O) groups excluding carboxylic acids is 1. The van der Waals surface area contributed by atoms with Gasteiger partial charge in [-0.05, 0) is 0 Å². The minimum Gasteiger partial charge on any atom is -0.354 e. The highest BCUT2D eigenvalue weighted by molar-refractivity contribution is 7.86. The number of piperazine rings is 1. The van der Waals surface area contributed by atoms with Crippen molar-refractivity contribution in [3.05, 3.63) is 0 Å². The van der Waals surface area contributed by atoms with Crippen LogP contribution in [0.5, 0.6) is 0 Å². The van der Waals surface area contributed by atoms with Crippen LogP contribution < -0.4 is 5.32 Å². The van der Waals surface area contributed by atoms with Crippen molar-refractivity contribution in [2.75, 3.05) is 32.7 Å². The van der Waals surface area contributed by atoms with E-state index in [2.05, 4.69) is 5.32 Å². The highest BCUT2D eigenvalue weighted by atomic mass is 32.2. The molecule has 0 radical (unpaired) electrons. The van der Waals surface area contributed by atoms with E-state index in [1.807, 2.05) is 0 Å². The maximum atomic E-state index is 12.0. The minimum atomic E-state index is -3.45. The molecule has 0 unspecified atom stereocenters. The summed E-state index contributed by atoms with van der Waals surface area (Å²) in [7, 11) is -3.45. The van der Waals surface area contributed by atoms with Crippen LogP contribution in [0.4, 0.5) is 0 Å². The van der Waals surface area contributed by atoms with Gasteiger partial charge in [-0.3, -0.25) is 4.79 Å². The first-order chi connectivity index (χ1) is 7.02. The second-order valence-corrected chi connectivity index (χ2v) is 5.20. The molecule has 1 N–H and O–H groups in total. The van der Waals surface area contributed by atoms with Crippen molar-refractivity contribution in [2.24, 2.45) is 0 Å². The Morgan fingerprint density at radius 3 is 2.47 bits per heavy atom. The van der Waals surface area contributed by atoms with Gasteiger partial charge in [-0.2, -0.15) is 17.0 Å². The maximum Gasteiger partial charge on any atom is 0.282 e. The van der Waals surface area contributed by atoms with E-state index < -0.39 is 10.2 Å². The van der Waals surface area contributed by atoms with Crippen LogP contribution in [0.3, 0.4) is 0 Å². The van der Waals surface area contributed by atoms with Gasteiger partial charge in [0.1, 0.15) is 0 Å². The van der Waals surface area contributed by atoms with E-state index >= 15 is 0 Å². The predicted octanol–water partition coefficient (Wildman–Crippen LogP) is -0.995. The van der Waals surface area contributed by atoms with Crippen molar-refractivity contribution in [1.82, 2.24) is 13.9 Å². The maximum absolute atomic E-state index is 12.0. The number of carbonyl (C=O) groups is 1. The SMILES string of the molecule is CCN(CC)S(=O)(=O)N1CCNC(=O)C1. The predicted molar refractivity (Wildman–Crippen MR) is 56.4 cm³/mol. The molecular formula is C8H17N3O3S.